The van der Waals surface area contributed by atoms with Crippen molar-refractivity contribution in [3.8, 4) is 11.5 Å². The first-order valence-corrected chi connectivity index (χ1v) is 10.6. The number of carbonyl (C=O) groups is 2. The van der Waals surface area contributed by atoms with Gasteiger partial charge in [-0.2, -0.15) is 0 Å². The van der Waals surface area contributed by atoms with Gasteiger partial charge < -0.3 is 24.8 Å². The average Bonchev–Trinajstić information content (AvgIpc) is 3.26. The van der Waals surface area contributed by atoms with Gasteiger partial charge in [-0.25, -0.2) is 0 Å². The Labute approximate surface area is 180 Å². The molecule has 2 atom stereocenters. The molecule has 0 bridgehead atoms. The molecule has 3 aliphatic rings. The second kappa shape index (κ2) is 8.34. The second-order valence-electron chi connectivity index (χ2n) is 8.02. The molecule has 7 nitrogen and oxygen atoms in total. The maximum absolute atomic E-state index is 12.5. The Kier molecular flexibility index (Phi) is 5.24. The first kappa shape index (κ1) is 19.5. The third-order valence-electron chi connectivity index (χ3n) is 5.88. The van der Waals surface area contributed by atoms with E-state index in [4.69, 9.17) is 14.2 Å². The molecule has 2 unspecified atom stereocenters. The van der Waals surface area contributed by atoms with Gasteiger partial charge in [-0.3, -0.25) is 9.59 Å². The number of benzene rings is 2. The average molecular weight is 420 g/mol. The van der Waals surface area contributed by atoms with Gasteiger partial charge in [-0.05, 0) is 60.7 Å². The number of carbonyl (C=O) groups excluding carboxylic acids is 2. The summed E-state index contributed by atoms with van der Waals surface area (Å²) >= 11 is 0. The molecule has 2 fully saturated rings. The topological polar surface area (TPSA) is 85.9 Å². The third-order valence-corrected chi connectivity index (χ3v) is 5.88. The first-order valence-electron chi connectivity index (χ1n) is 10.6. The van der Waals surface area contributed by atoms with Gasteiger partial charge in [0.15, 0.2) is 17.3 Å². The summed E-state index contributed by atoms with van der Waals surface area (Å²) in [5.41, 5.74) is 2.29. The van der Waals surface area contributed by atoms with E-state index in [0.717, 1.165) is 42.6 Å². The van der Waals surface area contributed by atoms with Crippen LogP contribution in [-0.2, 0) is 16.1 Å². The molecule has 160 valence electrons. The van der Waals surface area contributed by atoms with Crippen molar-refractivity contribution in [1.29, 1.82) is 0 Å². The van der Waals surface area contributed by atoms with E-state index in [1.54, 1.807) is 18.2 Å². The quantitative estimate of drug-likeness (QED) is 0.743. The van der Waals surface area contributed by atoms with Crippen molar-refractivity contribution in [2.24, 2.45) is 0 Å². The fourth-order valence-corrected chi connectivity index (χ4v) is 4.18. The van der Waals surface area contributed by atoms with Crippen molar-refractivity contribution >= 4 is 17.9 Å². The van der Waals surface area contributed by atoms with E-state index < -0.39 is 0 Å². The minimum absolute atomic E-state index is 0.0546. The molecule has 2 aromatic carbocycles. The summed E-state index contributed by atoms with van der Waals surface area (Å²) in [5.74, 6) is 1.40. The van der Waals surface area contributed by atoms with Crippen LogP contribution in [0.4, 0.5) is 0 Å². The third kappa shape index (κ3) is 4.21. The maximum Gasteiger partial charge on any atom is 0.286 e. The summed E-state index contributed by atoms with van der Waals surface area (Å²) in [6.07, 6.45) is 5.97. The Morgan fingerprint density at radius 3 is 2.74 bits per heavy atom. The minimum Gasteiger partial charge on any atom is -0.483 e. The Hall–Kier alpha value is -3.48. The van der Waals surface area contributed by atoms with E-state index in [2.05, 4.69) is 10.6 Å². The minimum atomic E-state index is -0.173. The number of fused-ring (bicyclic) bond motifs is 2. The van der Waals surface area contributed by atoms with Crippen LogP contribution in [0.15, 0.2) is 48.2 Å². The van der Waals surface area contributed by atoms with Gasteiger partial charge >= 0.3 is 0 Å². The highest BCUT2D eigenvalue weighted by molar-refractivity contribution is 5.97. The summed E-state index contributed by atoms with van der Waals surface area (Å²) in [6, 6.07) is 12.8. The molecule has 1 saturated heterocycles. The van der Waals surface area contributed by atoms with Crippen molar-refractivity contribution in [1.82, 2.24) is 10.6 Å². The number of rotatable bonds is 4. The van der Waals surface area contributed by atoms with Crippen LogP contribution in [0, 0.1) is 0 Å². The van der Waals surface area contributed by atoms with Crippen LogP contribution in [0.2, 0.25) is 0 Å². The summed E-state index contributed by atoms with van der Waals surface area (Å²) in [4.78, 5) is 24.8. The number of morpholine rings is 1. The fourth-order valence-electron chi connectivity index (χ4n) is 4.18. The predicted octanol–water partition coefficient (Wildman–Crippen LogP) is 3.14. The highest BCUT2D eigenvalue weighted by Gasteiger charge is 2.34. The van der Waals surface area contributed by atoms with Crippen LogP contribution in [0.25, 0.3) is 6.08 Å². The lowest BCUT2D eigenvalue weighted by Gasteiger charge is -2.37. The number of hydrogen-bond acceptors (Lipinski definition) is 5. The molecule has 2 N–H and O–H groups in total. The van der Waals surface area contributed by atoms with Crippen LogP contribution in [0.5, 0.6) is 11.5 Å². The van der Waals surface area contributed by atoms with Gasteiger partial charge in [0.1, 0.15) is 6.10 Å². The van der Waals surface area contributed by atoms with Crippen molar-refractivity contribution < 1.29 is 23.8 Å². The lowest BCUT2D eigenvalue weighted by molar-refractivity contribution is -0.129. The molecule has 7 heteroatoms. The molecule has 2 aliphatic heterocycles. The molecule has 0 aromatic heterocycles. The second-order valence-corrected chi connectivity index (χ2v) is 8.02. The van der Waals surface area contributed by atoms with E-state index in [1.165, 1.54) is 0 Å². The Morgan fingerprint density at radius 2 is 1.87 bits per heavy atom. The Morgan fingerprint density at radius 1 is 1.06 bits per heavy atom. The largest absolute Gasteiger partial charge is 0.483 e. The van der Waals surface area contributed by atoms with Crippen molar-refractivity contribution in [3.05, 3.63) is 64.9 Å². The Balaban J connectivity index is 1.21. The van der Waals surface area contributed by atoms with Crippen molar-refractivity contribution in [2.75, 3.05) is 6.79 Å². The van der Waals surface area contributed by atoms with E-state index in [0.29, 0.717) is 23.6 Å². The Bertz CT molecular complexity index is 1030. The number of hydrogen-bond donors (Lipinski definition) is 2. The number of amides is 2. The van der Waals surface area contributed by atoms with Gasteiger partial charge in [0.05, 0.1) is 6.04 Å². The highest BCUT2D eigenvalue weighted by atomic mass is 16.7. The maximum atomic E-state index is 12.5. The molecule has 1 saturated carbocycles. The SMILES string of the molecule is O=C1NC2CCCCC2O/C1=C/c1ccc(C(=O)NCc2ccc3c(c2)OCO3)cc1. The fraction of sp³-hybridized carbons (Fsp3) is 0.333. The van der Waals surface area contributed by atoms with E-state index in [1.807, 2.05) is 30.3 Å². The van der Waals surface area contributed by atoms with Gasteiger partial charge in [0.25, 0.3) is 11.8 Å². The highest BCUT2D eigenvalue weighted by Crippen LogP contribution is 2.32. The first-order chi connectivity index (χ1) is 15.2. The van der Waals surface area contributed by atoms with Crippen LogP contribution in [0.1, 0.15) is 47.2 Å². The van der Waals surface area contributed by atoms with Crippen LogP contribution >= 0.6 is 0 Å². The molecule has 5 rings (SSSR count). The zero-order valence-corrected chi connectivity index (χ0v) is 17.1. The predicted molar refractivity (Wildman–Crippen MR) is 113 cm³/mol. The van der Waals surface area contributed by atoms with E-state index >= 15 is 0 Å². The molecule has 31 heavy (non-hydrogen) atoms. The molecule has 1 aliphatic carbocycles. The van der Waals surface area contributed by atoms with Gasteiger partial charge in [0.2, 0.25) is 6.79 Å². The zero-order valence-electron chi connectivity index (χ0n) is 17.1. The smallest absolute Gasteiger partial charge is 0.286 e. The van der Waals surface area contributed by atoms with Crippen molar-refractivity contribution in [2.45, 2.75) is 44.4 Å². The van der Waals surface area contributed by atoms with Crippen molar-refractivity contribution in [3.63, 3.8) is 0 Å². The van der Waals surface area contributed by atoms with Crippen LogP contribution in [0.3, 0.4) is 0 Å². The molecular weight excluding hydrogens is 396 g/mol. The van der Waals surface area contributed by atoms with Crippen LogP contribution < -0.4 is 20.1 Å². The summed E-state index contributed by atoms with van der Waals surface area (Å²) in [7, 11) is 0. The lowest BCUT2D eigenvalue weighted by atomic mass is 9.91. The molecule has 0 radical (unpaired) electrons. The number of ether oxygens (including phenoxy) is 3. The normalized spacial score (nSPS) is 23.0. The standard InChI is InChI=1S/C24H24N2O5/c27-23(25-13-16-7-10-20-21(12-16)30-14-29-20)17-8-5-15(6-9-17)11-22-24(28)26-18-3-1-2-4-19(18)31-22/h5-12,18-19H,1-4,13-14H2,(H,25,27)(H,26,28)/b22-11+. The van der Waals surface area contributed by atoms with Gasteiger partial charge in [-0.15, -0.1) is 0 Å². The van der Waals surface area contributed by atoms with E-state index in [9.17, 15) is 9.59 Å². The van der Waals surface area contributed by atoms with Gasteiger partial charge in [-0.1, -0.05) is 24.6 Å². The van der Waals surface area contributed by atoms with Crippen LogP contribution in [-0.4, -0.2) is 30.8 Å². The number of nitrogens with one attached hydrogen (secondary N) is 2. The summed E-state index contributed by atoms with van der Waals surface area (Å²) in [5, 5.41) is 5.96. The molecule has 0 spiro atoms. The zero-order chi connectivity index (χ0) is 21.2. The summed E-state index contributed by atoms with van der Waals surface area (Å²) < 4.78 is 16.6. The molecule has 2 heterocycles. The lowest BCUT2D eigenvalue weighted by Crippen LogP contribution is -2.51. The molecular formula is C24H24N2O5. The monoisotopic (exact) mass is 420 g/mol. The van der Waals surface area contributed by atoms with E-state index in [-0.39, 0.29) is 30.8 Å². The molecule has 2 aromatic rings. The molecule has 2 amide bonds. The summed E-state index contributed by atoms with van der Waals surface area (Å²) in [6.45, 7) is 0.611. The van der Waals surface area contributed by atoms with Gasteiger partial charge in [0, 0.05) is 12.1 Å².